The van der Waals surface area contributed by atoms with Crippen LogP contribution in [-0.4, -0.2) is 31.7 Å². The van der Waals surface area contributed by atoms with E-state index in [-0.39, 0.29) is 12.5 Å². The summed E-state index contributed by atoms with van der Waals surface area (Å²) in [6, 6.07) is 14.4. The SMILES string of the molecule is CN(C)c1ccc([C@H](O)CNC(=O)c2ccccc2Cl)cc1. The molecule has 1 amide bonds. The Balaban J connectivity index is 1.96. The minimum Gasteiger partial charge on any atom is -0.387 e. The van der Waals surface area contributed by atoms with Gasteiger partial charge in [0, 0.05) is 26.3 Å². The summed E-state index contributed by atoms with van der Waals surface area (Å²) in [6.07, 6.45) is -0.761. The number of hydrogen-bond acceptors (Lipinski definition) is 3. The van der Waals surface area contributed by atoms with Gasteiger partial charge in [0.25, 0.3) is 5.91 Å². The number of aliphatic hydroxyl groups excluding tert-OH is 1. The highest BCUT2D eigenvalue weighted by Gasteiger charge is 2.13. The molecule has 0 bridgehead atoms. The Kier molecular flexibility index (Phi) is 5.41. The van der Waals surface area contributed by atoms with Crippen LogP contribution in [0.4, 0.5) is 5.69 Å². The largest absolute Gasteiger partial charge is 0.387 e. The second kappa shape index (κ2) is 7.29. The van der Waals surface area contributed by atoms with Crippen molar-refractivity contribution in [2.45, 2.75) is 6.10 Å². The van der Waals surface area contributed by atoms with Crippen molar-refractivity contribution in [3.05, 3.63) is 64.7 Å². The molecule has 0 unspecified atom stereocenters. The average Bonchev–Trinajstić information content (AvgIpc) is 2.52. The fourth-order valence-electron chi connectivity index (χ4n) is 2.04. The zero-order valence-electron chi connectivity index (χ0n) is 12.6. The third-order valence-electron chi connectivity index (χ3n) is 3.37. The summed E-state index contributed by atoms with van der Waals surface area (Å²) in [4.78, 5) is 14.0. The predicted molar refractivity (Wildman–Crippen MR) is 89.5 cm³/mol. The van der Waals surface area contributed by atoms with Crippen molar-refractivity contribution in [3.63, 3.8) is 0 Å². The molecule has 4 nitrogen and oxygen atoms in total. The molecule has 0 aliphatic carbocycles. The van der Waals surface area contributed by atoms with Crippen LogP contribution in [-0.2, 0) is 0 Å². The molecular weight excluding hydrogens is 300 g/mol. The van der Waals surface area contributed by atoms with E-state index in [0.29, 0.717) is 10.6 Å². The lowest BCUT2D eigenvalue weighted by molar-refractivity contribution is 0.0916. The summed E-state index contributed by atoms with van der Waals surface area (Å²) in [6.45, 7) is 0.130. The second-order valence-corrected chi connectivity index (χ2v) is 5.60. The molecule has 0 radical (unpaired) electrons. The minimum absolute atomic E-state index is 0.130. The van der Waals surface area contributed by atoms with E-state index in [2.05, 4.69) is 5.32 Å². The van der Waals surface area contributed by atoms with Crippen LogP contribution in [0.5, 0.6) is 0 Å². The van der Waals surface area contributed by atoms with Crippen LogP contribution in [0.25, 0.3) is 0 Å². The maximum absolute atomic E-state index is 12.0. The van der Waals surface area contributed by atoms with Gasteiger partial charge in [-0.3, -0.25) is 4.79 Å². The van der Waals surface area contributed by atoms with E-state index in [4.69, 9.17) is 11.6 Å². The monoisotopic (exact) mass is 318 g/mol. The van der Waals surface area contributed by atoms with E-state index >= 15 is 0 Å². The Bertz CT molecular complexity index is 641. The summed E-state index contributed by atoms with van der Waals surface area (Å²) in [5, 5.41) is 13.2. The van der Waals surface area contributed by atoms with Crippen molar-refractivity contribution in [2.24, 2.45) is 0 Å². The lowest BCUT2D eigenvalue weighted by Gasteiger charge is -2.16. The number of hydrogen-bond donors (Lipinski definition) is 2. The van der Waals surface area contributed by atoms with E-state index in [1.165, 1.54) is 0 Å². The van der Waals surface area contributed by atoms with Crippen LogP contribution < -0.4 is 10.2 Å². The first-order valence-electron chi connectivity index (χ1n) is 6.97. The number of nitrogens with one attached hydrogen (secondary N) is 1. The minimum atomic E-state index is -0.761. The number of rotatable bonds is 5. The molecule has 116 valence electrons. The molecule has 2 rings (SSSR count). The molecule has 0 aliphatic heterocycles. The van der Waals surface area contributed by atoms with E-state index < -0.39 is 6.10 Å². The maximum atomic E-state index is 12.0. The predicted octanol–water partition coefficient (Wildman–Crippen LogP) is 2.87. The molecule has 2 N–H and O–H groups in total. The Morgan fingerprint density at radius 2 is 1.82 bits per heavy atom. The normalized spacial score (nSPS) is 11.8. The van der Waals surface area contributed by atoms with Crippen molar-refractivity contribution in [1.82, 2.24) is 5.32 Å². The van der Waals surface area contributed by atoms with E-state index in [9.17, 15) is 9.90 Å². The first kappa shape index (κ1) is 16.3. The van der Waals surface area contributed by atoms with Crippen LogP contribution in [0, 0.1) is 0 Å². The van der Waals surface area contributed by atoms with Gasteiger partial charge in [-0.1, -0.05) is 35.9 Å². The summed E-state index contributed by atoms with van der Waals surface area (Å²) in [5.41, 5.74) is 2.21. The van der Waals surface area contributed by atoms with E-state index in [0.717, 1.165) is 11.3 Å². The fraction of sp³-hybridized carbons (Fsp3) is 0.235. The van der Waals surface area contributed by atoms with E-state index in [1.807, 2.05) is 43.3 Å². The van der Waals surface area contributed by atoms with E-state index in [1.54, 1.807) is 24.3 Å². The Morgan fingerprint density at radius 1 is 1.18 bits per heavy atom. The van der Waals surface area contributed by atoms with Gasteiger partial charge in [0.1, 0.15) is 0 Å². The molecule has 22 heavy (non-hydrogen) atoms. The smallest absolute Gasteiger partial charge is 0.252 e. The quantitative estimate of drug-likeness (QED) is 0.891. The summed E-state index contributed by atoms with van der Waals surface area (Å²) >= 11 is 5.97. The molecule has 1 atom stereocenters. The van der Waals surface area contributed by atoms with Crippen molar-refractivity contribution >= 4 is 23.2 Å². The molecule has 2 aromatic carbocycles. The maximum Gasteiger partial charge on any atom is 0.252 e. The number of benzene rings is 2. The molecule has 0 aromatic heterocycles. The number of halogens is 1. The van der Waals surface area contributed by atoms with Gasteiger partial charge in [-0.2, -0.15) is 0 Å². The highest BCUT2D eigenvalue weighted by molar-refractivity contribution is 6.33. The van der Waals surface area contributed by atoms with Crippen molar-refractivity contribution in [3.8, 4) is 0 Å². The molecule has 0 fully saturated rings. The lowest BCUT2D eigenvalue weighted by Crippen LogP contribution is -2.28. The average molecular weight is 319 g/mol. The van der Waals surface area contributed by atoms with Gasteiger partial charge in [0.05, 0.1) is 16.7 Å². The van der Waals surface area contributed by atoms with Crippen molar-refractivity contribution in [2.75, 3.05) is 25.5 Å². The zero-order chi connectivity index (χ0) is 16.1. The summed E-state index contributed by atoms with van der Waals surface area (Å²) < 4.78 is 0. The number of nitrogens with zero attached hydrogens (tertiary/aromatic N) is 1. The van der Waals surface area contributed by atoms with Gasteiger partial charge < -0.3 is 15.3 Å². The molecule has 0 saturated carbocycles. The standard InChI is InChI=1S/C17H19ClN2O2/c1-20(2)13-9-7-12(8-10-13)16(21)11-19-17(22)14-5-3-4-6-15(14)18/h3-10,16,21H,11H2,1-2H3,(H,19,22)/t16-/m1/s1. The Labute approximate surface area is 135 Å². The fourth-order valence-corrected chi connectivity index (χ4v) is 2.26. The van der Waals surface area contributed by atoms with Gasteiger partial charge in [-0.25, -0.2) is 0 Å². The topological polar surface area (TPSA) is 52.6 Å². The molecule has 0 heterocycles. The highest BCUT2D eigenvalue weighted by atomic mass is 35.5. The van der Waals surface area contributed by atoms with Gasteiger partial charge in [0.2, 0.25) is 0 Å². The zero-order valence-corrected chi connectivity index (χ0v) is 13.3. The second-order valence-electron chi connectivity index (χ2n) is 5.19. The molecule has 0 aliphatic rings. The molecule has 0 saturated heterocycles. The third-order valence-corrected chi connectivity index (χ3v) is 3.70. The molecule has 5 heteroatoms. The lowest BCUT2D eigenvalue weighted by atomic mass is 10.1. The molecular formula is C17H19ClN2O2. The first-order valence-corrected chi connectivity index (χ1v) is 7.35. The van der Waals surface area contributed by atoms with Crippen LogP contribution in [0.1, 0.15) is 22.0 Å². The van der Waals surface area contributed by atoms with Crippen LogP contribution >= 0.6 is 11.6 Å². The molecule has 2 aromatic rings. The number of aliphatic hydroxyl groups is 1. The van der Waals surface area contributed by atoms with Gasteiger partial charge in [-0.15, -0.1) is 0 Å². The van der Waals surface area contributed by atoms with Crippen LogP contribution in [0.2, 0.25) is 5.02 Å². The van der Waals surface area contributed by atoms with Gasteiger partial charge in [0.15, 0.2) is 0 Å². The Morgan fingerprint density at radius 3 is 2.41 bits per heavy atom. The third kappa shape index (κ3) is 4.00. The first-order chi connectivity index (χ1) is 10.5. The van der Waals surface area contributed by atoms with Crippen LogP contribution in [0.15, 0.2) is 48.5 Å². The number of carbonyl (C=O) groups is 1. The number of anilines is 1. The van der Waals surface area contributed by atoms with Crippen molar-refractivity contribution < 1.29 is 9.90 Å². The summed E-state index contributed by atoms with van der Waals surface area (Å²) in [7, 11) is 3.91. The molecule has 0 spiro atoms. The number of carbonyl (C=O) groups excluding carboxylic acids is 1. The highest BCUT2D eigenvalue weighted by Crippen LogP contribution is 2.18. The number of amides is 1. The van der Waals surface area contributed by atoms with Crippen molar-refractivity contribution in [1.29, 1.82) is 0 Å². The Hall–Kier alpha value is -2.04. The summed E-state index contributed by atoms with van der Waals surface area (Å²) in [5.74, 6) is -0.297. The van der Waals surface area contributed by atoms with Gasteiger partial charge >= 0.3 is 0 Å². The van der Waals surface area contributed by atoms with Gasteiger partial charge in [-0.05, 0) is 29.8 Å². The van der Waals surface area contributed by atoms with Crippen LogP contribution in [0.3, 0.4) is 0 Å².